The molecule has 0 aliphatic carbocycles. The third-order valence-electron chi connectivity index (χ3n) is 2.92. The minimum Gasteiger partial charge on any atom is -0.346 e. The third-order valence-corrected chi connectivity index (χ3v) is 3.50. The van der Waals surface area contributed by atoms with Gasteiger partial charge in [0.2, 0.25) is 0 Å². The number of fused-ring (bicyclic) bond motifs is 1. The number of carbonyl (C=O) groups is 1. The zero-order valence-electron chi connectivity index (χ0n) is 10.8. The Labute approximate surface area is 122 Å². The van der Waals surface area contributed by atoms with Gasteiger partial charge in [-0.3, -0.25) is 20.2 Å². The number of aliphatic imine (C=N–C) groups is 1. The summed E-state index contributed by atoms with van der Waals surface area (Å²) >= 11 is 1.33. The summed E-state index contributed by atoms with van der Waals surface area (Å²) in [6.45, 7) is 0. The molecular formula is C12H9N5O3S. The molecule has 3 rings (SSSR count). The first-order valence-corrected chi connectivity index (χ1v) is 7.08. The Bertz CT molecular complexity index is 823. The van der Waals surface area contributed by atoms with Gasteiger partial charge in [0.25, 0.3) is 11.6 Å². The summed E-state index contributed by atoms with van der Waals surface area (Å²) in [7, 11) is 0. The number of rotatable bonds is 2. The van der Waals surface area contributed by atoms with Gasteiger partial charge in [-0.25, -0.2) is 9.98 Å². The highest BCUT2D eigenvalue weighted by Crippen LogP contribution is 2.24. The number of amides is 1. The molecule has 1 aliphatic rings. The van der Waals surface area contributed by atoms with E-state index in [0.717, 1.165) is 0 Å². The lowest BCUT2D eigenvalue weighted by Gasteiger charge is -1.94. The molecule has 1 amide bonds. The van der Waals surface area contributed by atoms with Crippen LogP contribution in [-0.4, -0.2) is 32.2 Å². The van der Waals surface area contributed by atoms with Crippen LogP contribution in [0.5, 0.6) is 0 Å². The molecular weight excluding hydrogens is 294 g/mol. The highest BCUT2D eigenvalue weighted by Gasteiger charge is 2.20. The van der Waals surface area contributed by atoms with Gasteiger partial charge in [0.15, 0.2) is 5.17 Å². The smallest absolute Gasteiger partial charge is 0.288 e. The van der Waals surface area contributed by atoms with Crippen LogP contribution in [0.25, 0.3) is 17.1 Å². The summed E-state index contributed by atoms with van der Waals surface area (Å²) in [4.78, 5) is 33.1. The van der Waals surface area contributed by atoms with Crippen molar-refractivity contribution in [1.82, 2.24) is 15.3 Å². The second-order valence-corrected chi connectivity index (χ2v) is 4.99. The molecule has 2 aromatic rings. The Morgan fingerprint density at radius 3 is 2.95 bits per heavy atom. The van der Waals surface area contributed by atoms with Crippen LogP contribution in [0, 0.1) is 10.1 Å². The minimum absolute atomic E-state index is 0.106. The number of nitro groups is 1. The van der Waals surface area contributed by atoms with E-state index in [4.69, 9.17) is 0 Å². The van der Waals surface area contributed by atoms with E-state index in [2.05, 4.69) is 20.3 Å². The van der Waals surface area contributed by atoms with Gasteiger partial charge in [-0.1, -0.05) is 11.8 Å². The maximum atomic E-state index is 11.7. The fourth-order valence-corrected chi connectivity index (χ4v) is 2.31. The van der Waals surface area contributed by atoms with Crippen LogP contribution in [0.2, 0.25) is 0 Å². The number of nitrogens with one attached hydrogen (secondary N) is 2. The summed E-state index contributed by atoms with van der Waals surface area (Å²) in [5.41, 5.74) is 1.29. The quantitative estimate of drug-likeness (QED) is 0.497. The minimum atomic E-state index is -0.511. The van der Waals surface area contributed by atoms with Gasteiger partial charge < -0.3 is 4.98 Å². The Hall–Kier alpha value is -2.68. The van der Waals surface area contributed by atoms with Crippen LogP contribution in [-0.2, 0) is 4.79 Å². The molecule has 0 saturated carbocycles. The normalized spacial score (nSPS) is 16.3. The van der Waals surface area contributed by atoms with Crippen molar-refractivity contribution in [1.29, 1.82) is 0 Å². The van der Waals surface area contributed by atoms with Crippen LogP contribution in [0.4, 0.5) is 5.69 Å². The van der Waals surface area contributed by atoms with E-state index < -0.39 is 4.92 Å². The Morgan fingerprint density at radius 1 is 1.48 bits per heavy atom. The lowest BCUT2D eigenvalue weighted by molar-refractivity contribution is -0.385. The van der Waals surface area contributed by atoms with Gasteiger partial charge in [-0.15, -0.1) is 0 Å². The second-order valence-electron chi connectivity index (χ2n) is 4.20. The van der Waals surface area contributed by atoms with Gasteiger partial charge >= 0.3 is 0 Å². The van der Waals surface area contributed by atoms with Crippen molar-refractivity contribution in [2.45, 2.75) is 0 Å². The standard InChI is InChI=1S/C12H9N5O3S/c1-21-12-15-9(11(18)16-12)2-6-4-13-10-8(6)3-7(5-14-10)17(19)20/h2-5H,1H3,(H,13,14)(H,15,16,18). The first-order valence-electron chi connectivity index (χ1n) is 5.85. The molecule has 0 fully saturated rings. The molecule has 0 aromatic carbocycles. The number of hydrogen-bond donors (Lipinski definition) is 2. The maximum Gasteiger partial charge on any atom is 0.288 e. The Kier molecular flexibility index (Phi) is 3.18. The van der Waals surface area contributed by atoms with Crippen molar-refractivity contribution < 1.29 is 9.72 Å². The predicted molar refractivity (Wildman–Crippen MR) is 79.8 cm³/mol. The first-order chi connectivity index (χ1) is 10.1. The number of thioether (sulfide) groups is 1. The number of H-pyrrole nitrogens is 1. The molecule has 1 aliphatic heterocycles. The molecule has 2 aromatic heterocycles. The van der Waals surface area contributed by atoms with Gasteiger partial charge in [-0.2, -0.15) is 0 Å². The van der Waals surface area contributed by atoms with Gasteiger partial charge in [0.1, 0.15) is 17.5 Å². The first kappa shape index (κ1) is 13.3. The Balaban J connectivity index is 2.09. The number of pyridine rings is 1. The molecule has 0 atom stereocenters. The number of hydrogen-bond acceptors (Lipinski definition) is 6. The molecule has 0 saturated heterocycles. The lowest BCUT2D eigenvalue weighted by atomic mass is 10.2. The number of aromatic nitrogens is 2. The van der Waals surface area contributed by atoms with E-state index >= 15 is 0 Å². The van der Waals surface area contributed by atoms with Crippen molar-refractivity contribution in [3.63, 3.8) is 0 Å². The van der Waals surface area contributed by atoms with Gasteiger partial charge in [0, 0.05) is 23.2 Å². The van der Waals surface area contributed by atoms with Crippen molar-refractivity contribution in [3.05, 3.63) is 39.8 Å². The number of aromatic amines is 1. The van der Waals surface area contributed by atoms with Crippen molar-refractivity contribution in [2.75, 3.05) is 6.26 Å². The summed E-state index contributed by atoms with van der Waals surface area (Å²) in [5.74, 6) is -0.299. The highest BCUT2D eigenvalue weighted by atomic mass is 32.2. The maximum absolute atomic E-state index is 11.7. The number of nitrogens with zero attached hydrogens (tertiary/aromatic N) is 3. The zero-order valence-corrected chi connectivity index (χ0v) is 11.6. The summed E-state index contributed by atoms with van der Waals surface area (Å²) in [5, 5.41) is 14.5. The molecule has 2 N–H and O–H groups in total. The third kappa shape index (κ3) is 2.38. The molecule has 8 nitrogen and oxygen atoms in total. The van der Waals surface area contributed by atoms with Crippen molar-refractivity contribution in [3.8, 4) is 0 Å². The van der Waals surface area contributed by atoms with Crippen molar-refractivity contribution in [2.24, 2.45) is 4.99 Å². The van der Waals surface area contributed by atoms with Crippen LogP contribution >= 0.6 is 11.8 Å². The fraction of sp³-hybridized carbons (Fsp3) is 0.0833. The topological polar surface area (TPSA) is 113 Å². The summed E-state index contributed by atoms with van der Waals surface area (Å²) in [6, 6.07) is 1.41. The highest BCUT2D eigenvalue weighted by molar-refractivity contribution is 8.13. The predicted octanol–water partition coefficient (Wildman–Crippen LogP) is 1.66. The van der Waals surface area contributed by atoms with Crippen LogP contribution in [0.3, 0.4) is 0 Å². The molecule has 9 heteroatoms. The fourth-order valence-electron chi connectivity index (χ4n) is 1.92. The van der Waals surface area contributed by atoms with Crippen LogP contribution in [0.1, 0.15) is 5.56 Å². The van der Waals surface area contributed by atoms with E-state index in [-0.39, 0.29) is 17.3 Å². The van der Waals surface area contributed by atoms with Gasteiger partial charge in [-0.05, 0) is 12.3 Å². The molecule has 0 bridgehead atoms. The molecule has 0 unspecified atom stereocenters. The summed E-state index contributed by atoms with van der Waals surface area (Å²) in [6.07, 6.45) is 6.19. The zero-order chi connectivity index (χ0) is 15.0. The van der Waals surface area contributed by atoms with E-state index in [1.807, 2.05) is 0 Å². The SMILES string of the molecule is CSC1=NC(=Cc2c[nH]c3ncc([N+](=O)[O-])cc23)C(=O)N1. The largest absolute Gasteiger partial charge is 0.346 e. The van der Waals surface area contributed by atoms with Crippen molar-refractivity contribution >= 4 is 45.6 Å². The molecule has 3 heterocycles. The molecule has 0 spiro atoms. The summed E-state index contributed by atoms with van der Waals surface area (Å²) < 4.78 is 0. The van der Waals surface area contributed by atoms with E-state index in [1.54, 1.807) is 18.5 Å². The Morgan fingerprint density at radius 2 is 2.29 bits per heavy atom. The number of amidine groups is 1. The number of carbonyl (C=O) groups excluding carboxylic acids is 1. The van der Waals surface area contributed by atoms with E-state index in [0.29, 0.717) is 21.8 Å². The second kappa shape index (κ2) is 5.02. The average molecular weight is 303 g/mol. The van der Waals surface area contributed by atoms with E-state index in [1.165, 1.54) is 24.0 Å². The van der Waals surface area contributed by atoms with Gasteiger partial charge in [0.05, 0.1) is 4.92 Å². The molecule has 21 heavy (non-hydrogen) atoms. The molecule has 0 radical (unpaired) electrons. The van der Waals surface area contributed by atoms with Crippen LogP contribution in [0.15, 0.2) is 29.1 Å². The monoisotopic (exact) mass is 303 g/mol. The lowest BCUT2D eigenvalue weighted by Crippen LogP contribution is -2.21. The van der Waals surface area contributed by atoms with Crippen LogP contribution < -0.4 is 5.32 Å². The van der Waals surface area contributed by atoms with E-state index in [9.17, 15) is 14.9 Å². The average Bonchev–Trinajstić information content (AvgIpc) is 3.03. The molecule has 106 valence electrons.